The molecule has 1 N–H and O–H groups in total. The van der Waals surface area contributed by atoms with Gasteiger partial charge in [-0.3, -0.25) is 9.69 Å². The number of carboxylic acid groups (broad SMARTS) is 1. The highest BCUT2D eigenvalue weighted by Crippen LogP contribution is 2.27. The summed E-state index contributed by atoms with van der Waals surface area (Å²) < 4.78 is 19.0. The predicted octanol–water partition coefficient (Wildman–Crippen LogP) is 3.30. The van der Waals surface area contributed by atoms with Crippen molar-refractivity contribution in [1.29, 1.82) is 0 Å². The Balaban J connectivity index is 1.70. The highest BCUT2D eigenvalue weighted by Gasteiger charge is 2.28. The number of rotatable bonds is 4. The van der Waals surface area contributed by atoms with E-state index in [4.69, 9.17) is 9.52 Å². The van der Waals surface area contributed by atoms with Crippen LogP contribution in [-0.2, 0) is 11.3 Å². The van der Waals surface area contributed by atoms with Crippen molar-refractivity contribution in [2.45, 2.75) is 19.9 Å². The summed E-state index contributed by atoms with van der Waals surface area (Å²) in [6.45, 7) is 3.77. The SMILES string of the molecule is Cc1cc(F)ccc1-c1ccc(CN2CCC(C(=O)O)C2)o1. The molecule has 1 atom stereocenters. The monoisotopic (exact) mass is 303 g/mol. The first-order valence-electron chi connectivity index (χ1n) is 7.33. The Labute approximate surface area is 128 Å². The highest BCUT2D eigenvalue weighted by molar-refractivity contribution is 5.70. The normalized spacial score (nSPS) is 18.7. The van der Waals surface area contributed by atoms with Gasteiger partial charge in [-0.25, -0.2) is 4.39 Å². The predicted molar refractivity (Wildman–Crippen MR) is 79.9 cm³/mol. The van der Waals surface area contributed by atoms with Crippen molar-refractivity contribution in [2.75, 3.05) is 13.1 Å². The van der Waals surface area contributed by atoms with E-state index in [0.29, 0.717) is 25.3 Å². The number of hydrogen-bond acceptors (Lipinski definition) is 3. The molecular weight excluding hydrogens is 285 g/mol. The van der Waals surface area contributed by atoms with Crippen LogP contribution in [0.5, 0.6) is 0 Å². The zero-order valence-corrected chi connectivity index (χ0v) is 12.4. The Kier molecular flexibility index (Phi) is 3.98. The molecule has 1 aromatic carbocycles. The zero-order chi connectivity index (χ0) is 15.7. The third-order valence-electron chi connectivity index (χ3n) is 4.12. The zero-order valence-electron chi connectivity index (χ0n) is 12.4. The maximum absolute atomic E-state index is 13.2. The topological polar surface area (TPSA) is 53.7 Å². The molecule has 1 fully saturated rings. The summed E-state index contributed by atoms with van der Waals surface area (Å²) in [5, 5.41) is 9.02. The fraction of sp³-hybridized carbons (Fsp3) is 0.353. The number of aliphatic carboxylic acids is 1. The van der Waals surface area contributed by atoms with Gasteiger partial charge in [0.05, 0.1) is 12.5 Å². The third kappa shape index (κ3) is 3.04. The maximum Gasteiger partial charge on any atom is 0.307 e. The van der Waals surface area contributed by atoms with E-state index in [9.17, 15) is 9.18 Å². The number of nitrogens with zero attached hydrogens (tertiary/aromatic N) is 1. The summed E-state index contributed by atoms with van der Waals surface area (Å²) in [4.78, 5) is 13.1. The van der Waals surface area contributed by atoms with Crippen LogP contribution in [0.25, 0.3) is 11.3 Å². The number of aryl methyl sites for hydroxylation is 1. The van der Waals surface area contributed by atoms with Crippen LogP contribution >= 0.6 is 0 Å². The second kappa shape index (κ2) is 5.93. The molecule has 1 aromatic heterocycles. The minimum absolute atomic E-state index is 0.259. The van der Waals surface area contributed by atoms with E-state index in [0.717, 1.165) is 23.4 Å². The summed E-state index contributed by atoms with van der Waals surface area (Å²) in [5.74, 6) is 0.231. The van der Waals surface area contributed by atoms with Crippen LogP contribution < -0.4 is 0 Å². The lowest BCUT2D eigenvalue weighted by Crippen LogP contribution is -2.22. The van der Waals surface area contributed by atoms with Crippen LogP contribution in [0.1, 0.15) is 17.7 Å². The molecule has 4 nitrogen and oxygen atoms in total. The van der Waals surface area contributed by atoms with E-state index >= 15 is 0 Å². The highest BCUT2D eigenvalue weighted by atomic mass is 19.1. The van der Waals surface area contributed by atoms with E-state index in [-0.39, 0.29) is 11.7 Å². The Morgan fingerprint density at radius 2 is 2.23 bits per heavy atom. The molecule has 116 valence electrons. The molecule has 0 bridgehead atoms. The molecule has 0 aliphatic carbocycles. The maximum atomic E-state index is 13.2. The standard InChI is InChI=1S/C17H18FNO3/c1-11-8-13(18)2-4-15(11)16-5-3-14(22-16)10-19-7-6-12(9-19)17(20)21/h2-5,8,12H,6-7,9-10H2,1H3,(H,20,21). The van der Waals surface area contributed by atoms with Gasteiger partial charge in [-0.15, -0.1) is 0 Å². The fourth-order valence-electron chi connectivity index (χ4n) is 2.91. The lowest BCUT2D eigenvalue weighted by Gasteiger charge is -2.13. The molecule has 5 heteroatoms. The van der Waals surface area contributed by atoms with Crippen molar-refractivity contribution in [3.8, 4) is 11.3 Å². The van der Waals surface area contributed by atoms with Crippen molar-refractivity contribution in [1.82, 2.24) is 4.90 Å². The molecule has 2 heterocycles. The summed E-state index contributed by atoms with van der Waals surface area (Å²) in [6, 6.07) is 8.38. The minimum atomic E-state index is -0.732. The minimum Gasteiger partial charge on any atom is -0.481 e. The lowest BCUT2D eigenvalue weighted by molar-refractivity contribution is -0.141. The van der Waals surface area contributed by atoms with Crippen LogP contribution in [0.2, 0.25) is 0 Å². The molecule has 0 radical (unpaired) electrons. The average molecular weight is 303 g/mol. The molecular formula is C17H18FNO3. The summed E-state index contributed by atoms with van der Waals surface area (Å²) >= 11 is 0. The number of carboxylic acids is 1. The molecule has 3 rings (SSSR count). The molecule has 1 aliphatic heterocycles. The second-order valence-corrected chi connectivity index (χ2v) is 5.78. The number of benzene rings is 1. The Bertz CT molecular complexity index is 695. The Morgan fingerprint density at radius 1 is 1.41 bits per heavy atom. The van der Waals surface area contributed by atoms with Crippen LogP contribution in [0.15, 0.2) is 34.7 Å². The van der Waals surface area contributed by atoms with Gasteiger partial charge in [0.1, 0.15) is 17.3 Å². The molecule has 1 aliphatic rings. The Hall–Kier alpha value is -2.14. The molecule has 2 aromatic rings. The van der Waals surface area contributed by atoms with Crippen molar-refractivity contribution in [2.24, 2.45) is 5.92 Å². The van der Waals surface area contributed by atoms with Crippen LogP contribution in [-0.4, -0.2) is 29.1 Å². The smallest absolute Gasteiger partial charge is 0.307 e. The molecule has 0 saturated carbocycles. The first-order valence-corrected chi connectivity index (χ1v) is 7.33. The second-order valence-electron chi connectivity index (χ2n) is 5.78. The van der Waals surface area contributed by atoms with Crippen molar-refractivity contribution in [3.05, 3.63) is 47.5 Å². The molecule has 1 saturated heterocycles. The first-order chi connectivity index (χ1) is 10.5. The van der Waals surface area contributed by atoms with Gasteiger partial charge in [-0.1, -0.05) is 0 Å². The average Bonchev–Trinajstić information content (AvgIpc) is 3.09. The van der Waals surface area contributed by atoms with Gasteiger partial charge in [0.2, 0.25) is 0 Å². The van der Waals surface area contributed by atoms with Gasteiger partial charge in [0, 0.05) is 12.1 Å². The van der Waals surface area contributed by atoms with E-state index < -0.39 is 5.97 Å². The van der Waals surface area contributed by atoms with E-state index in [2.05, 4.69) is 4.90 Å². The number of furan rings is 1. The van der Waals surface area contributed by atoms with Crippen LogP contribution in [0.4, 0.5) is 4.39 Å². The van der Waals surface area contributed by atoms with E-state index in [1.807, 2.05) is 19.1 Å². The number of halogens is 1. The van der Waals surface area contributed by atoms with Crippen molar-refractivity contribution >= 4 is 5.97 Å². The van der Waals surface area contributed by atoms with Gasteiger partial charge in [0.25, 0.3) is 0 Å². The largest absolute Gasteiger partial charge is 0.481 e. The summed E-state index contributed by atoms with van der Waals surface area (Å²) in [7, 11) is 0. The fourth-order valence-corrected chi connectivity index (χ4v) is 2.91. The summed E-state index contributed by atoms with van der Waals surface area (Å²) in [6.07, 6.45) is 0.681. The molecule has 0 amide bonds. The molecule has 0 spiro atoms. The van der Waals surface area contributed by atoms with Gasteiger partial charge in [-0.05, 0) is 55.8 Å². The van der Waals surface area contributed by atoms with Crippen LogP contribution in [0.3, 0.4) is 0 Å². The Morgan fingerprint density at radius 3 is 2.91 bits per heavy atom. The quantitative estimate of drug-likeness (QED) is 0.941. The molecule has 22 heavy (non-hydrogen) atoms. The van der Waals surface area contributed by atoms with Crippen LogP contribution in [0, 0.1) is 18.7 Å². The number of hydrogen-bond donors (Lipinski definition) is 1. The first kappa shape index (κ1) is 14.8. The molecule has 1 unspecified atom stereocenters. The van der Waals surface area contributed by atoms with Crippen molar-refractivity contribution in [3.63, 3.8) is 0 Å². The lowest BCUT2D eigenvalue weighted by atomic mass is 10.1. The number of likely N-dealkylation sites (tertiary alicyclic amines) is 1. The van der Waals surface area contributed by atoms with E-state index in [1.54, 1.807) is 6.07 Å². The van der Waals surface area contributed by atoms with Gasteiger partial charge in [0.15, 0.2) is 0 Å². The van der Waals surface area contributed by atoms with Crippen molar-refractivity contribution < 1.29 is 18.7 Å². The van der Waals surface area contributed by atoms with E-state index in [1.165, 1.54) is 12.1 Å². The van der Waals surface area contributed by atoms with Gasteiger partial charge in [-0.2, -0.15) is 0 Å². The third-order valence-corrected chi connectivity index (χ3v) is 4.12. The van der Waals surface area contributed by atoms with Gasteiger partial charge < -0.3 is 9.52 Å². The summed E-state index contributed by atoms with van der Waals surface area (Å²) in [5.41, 5.74) is 1.70. The van der Waals surface area contributed by atoms with Gasteiger partial charge >= 0.3 is 5.97 Å². The number of carbonyl (C=O) groups is 1.